The molecule has 0 fully saturated rings. The largest absolute Gasteiger partial charge is 0.438 e. The third-order valence-corrected chi connectivity index (χ3v) is 5.81. The Labute approximate surface area is 164 Å². The number of nitrogens with one attached hydrogen (secondary N) is 1. The number of rotatable bonds is 7. The second-order valence-corrected chi connectivity index (χ2v) is 8.33. The standard InChI is InChI=1S/C19H23N5O3S/c1-5-12-28(25,26)23-16-6-8-17(9-7-16)27-19-11-10-18(20-21-19)24-15(4)13(2)14(3)22-24/h6-11,23H,5,12H2,1-4H3. The van der Waals surface area contributed by atoms with Crippen molar-refractivity contribution in [1.82, 2.24) is 20.0 Å². The van der Waals surface area contributed by atoms with Crippen molar-refractivity contribution in [2.45, 2.75) is 34.1 Å². The number of aryl methyl sites for hydroxylation is 1. The Hall–Kier alpha value is -2.94. The molecule has 0 aliphatic heterocycles. The molecule has 0 unspecified atom stereocenters. The minimum absolute atomic E-state index is 0.0853. The first kappa shape index (κ1) is 19.8. The number of ether oxygens (including phenoxy) is 1. The maximum Gasteiger partial charge on any atom is 0.238 e. The highest BCUT2D eigenvalue weighted by Gasteiger charge is 2.11. The predicted octanol–water partition coefficient (Wildman–Crippen LogP) is 3.53. The molecule has 28 heavy (non-hydrogen) atoms. The van der Waals surface area contributed by atoms with Crippen LogP contribution in [0.25, 0.3) is 5.82 Å². The van der Waals surface area contributed by atoms with Crippen LogP contribution in [-0.2, 0) is 10.0 Å². The summed E-state index contributed by atoms with van der Waals surface area (Å²) in [7, 11) is -3.31. The molecule has 0 saturated heterocycles. The number of anilines is 1. The molecule has 1 N–H and O–H groups in total. The number of hydrogen-bond acceptors (Lipinski definition) is 6. The molecule has 3 aromatic rings. The molecule has 1 aromatic carbocycles. The van der Waals surface area contributed by atoms with E-state index in [1.54, 1.807) is 41.1 Å². The highest BCUT2D eigenvalue weighted by molar-refractivity contribution is 7.92. The minimum atomic E-state index is -3.31. The zero-order valence-electron chi connectivity index (χ0n) is 16.3. The van der Waals surface area contributed by atoms with Gasteiger partial charge < -0.3 is 4.74 Å². The lowest BCUT2D eigenvalue weighted by Gasteiger charge is -2.09. The van der Waals surface area contributed by atoms with E-state index in [0.29, 0.717) is 29.6 Å². The molecule has 2 aromatic heterocycles. The Kier molecular flexibility index (Phi) is 5.64. The minimum Gasteiger partial charge on any atom is -0.438 e. The molecular weight excluding hydrogens is 378 g/mol. The molecule has 0 bridgehead atoms. The van der Waals surface area contributed by atoms with Crippen LogP contribution in [0.15, 0.2) is 36.4 Å². The van der Waals surface area contributed by atoms with Crippen molar-refractivity contribution in [3.05, 3.63) is 53.3 Å². The Morgan fingerprint density at radius 1 is 1.04 bits per heavy atom. The van der Waals surface area contributed by atoms with Gasteiger partial charge in [-0.05, 0) is 63.1 Å². The van der Waals surface area contributed by atoms with E-state index in [-0.39, 0.29) is 5.75 Å². The van der Waals surface area contributed by atoms with Gasteiger partial charge in [0.15, 0.2) is 5.82 Å². The van der Waals surface area contributed by atoms with Gasteiger partial charge in [0.2, 0.25) is 15.9 Å². The molecule has 2 heterocycles. The summed E-state index contributed by atoms with van der Waals surface area (Å²) in [5.41, 5.74) is 3.58. The van der Waals surface area contributed by atoms with Crippen molar-refractivity contribution in [3.8, 4) is 17.4 Å². The highest BCUT2D eigenvalue weighted by Crippen LogP contribution is 2.22. The molecule has 0 radical (unpaired) electrons. The van der Waals surface area contributed by atoms with Crippen LogP contribution < -0.4 is 9.46 Å². The summed E-state index contributed by atoms with van der Waals surface area (Å²) in [6, 6.07) is 10.1. The maximum absolute atomic E-state index is 11.8. The molecule has 0 aliphatic carbocycles. The van der Waals surface area contributed by atoms with Gasteiger partial charge in [-0.2, -0.15) is 5.10 Å². The lowest BCUT2D eigenvalue weighted by molar-refractivity contribution is 0.454. The van der Waals surface area contributed by atoms with Crippen molar-refractivity contribution < 1.29 is 13.2 Å². The molecule has 0 spiro atoms. The molecular formula is C19H23N5O3S. The van der Waals surface area contributed by atoms with E-state index in [2.05, 4.69) is 20.0 Å². The fourth-order valence-electron chi connectivity index (χ4n) is 2.64. The Bertz CT molecular complexity index is 1060. The van der Waals surface area contributed by atoms with Crippen LogP contribution in [0.2, 0.25) is 0 Å². The van der Waals surface area contributed by atoms with Crippen molar-refractivity contribution in [1.29, 1.82) is 0 Å². The zero-order chi connectivity index (χ0) is 20.3. The molecule has 9 heteroatoms. The van der Waals surface area contributed by atoms with Crippen LogP contribution in [0.3, 0.4) is 0 Å². The third-order valence-electron chi connectivity index (χ3n) is 4.32. The fourth-order valence-corrected chi connectivity index (χ4v) is 3.77. The normalized spacial score (nSPS) is 11.4. The van der Waals surface area contributed by atoms with Crippen LogP contribution in [0.4, 0.5) is 5.69 Å². The maximum atomic E-state index is 11.8. The first-order valence-corrected chi connectivity index (χ1v) is 10.6. The lowest BCUT2D eigenvalue weighted by atomic mass is 10.2. The monoisotopic (exact) mass is 401 g/mol. The van der Waals surface area contributed by atoms with Gasteiger partial charge in [0.25, 0.3) is 0 Å². The van der Waals surface area contributed by atoms with Crippen LogP contribution in [0.5, 0.6) is 11.6 Å². The summed E-state index contributed by atoms with van der Waals surface area (Å²) in [5, 5.41) is 12.7. The average molecular weight is 401 g/mol. The lowest BCUT2D eigenvalue weighted by Crippen LogP contribution is -2.15. The second-order valence-electron chi connectivity index (χ2n) is 6.48. The Balaban J connectivity index is 1.70. The summed E-state index contributed by atoms with van der Waals surface area (Å²) in [4.78, 5) is 0. The number of benzene rings is 1. The number of sulfonamides is 1. The predicted molar refractivity (Wildman–Crippen MR) is 108 cm³/mol. The number of nitrogens with zero attached hydrogens (tertiary/aromatic N) is 4. The van der Waals surface area contributed by atoms with Crippen molar-refractivity contribution >= 4 is 15.7 Å². The summed E-state index contributed by atoms with van der Waals surface area (Å²) >= 11 is 0. The van der Waals surface area contributed by atoms with Gasteiger partial charge in [0, 0.05) is 17.4 Å². The summed E-state index contributed by atoms with van der Waals surface area (Å²) < 4.78 is 33.6. The quantitative estimate of drug-likeness (QED) is 0.650. The molecule has 148 valence electrons. The fraction of sp³-hybridized carbons (Fsp3) is 0.316. The van der Waals surface area contributed by atoms with Crippen LogP contribution in [0.1, 0.15) is 30.3 Å². The van der Waals surface area contributed by atoms with E-state index in [0.717, 1.165) is 17.0 Å². The van der Waals surface area contributed by atoms with E-state index in [1.165, 1.54) is 0 Å². The molecule has 0 saturated carbocycles. The summed E-state index contributed by atoms with van der Waals surface area (Å²) in [5.74, 6) is 1.56. The molecule has 0 aliphatic rings. The van der Waals surface area contributed by atoms with Crippen LogP contribution >= 0.6 is 0 Å². The molecule has 0 atom stereocenters. The van der Waals surface area contributed by atoms with E-state index in [9.17, 15) is 8.42 Å². The van der Waals surface area contributed by atoms with Crippen molar-refractivity contribution in [2.75, 3.05) is 10.5 Å². The second kappa shape index (κ2) is 7.97. The smallest absolute Gasteiger partial charge is 0.238 e. The van der Waals surface area contributed by atoms with Gasteiger partial charge in [0.05, 0.1) is 11.4 Å². The summed E-state index contributed by atoms with van der Waals surface area (Å²) in [6.07, 6.45) is 0.558. The Morgan fingerprint density at radius 3 is 2.29 bits per heavy atom. The molecule has 3 rings (SSSR count). The average Bonchev–Trinajstić information content (AvgIpc) is 2.91. The van der Waals surface area contributed by atoms with Crippen molar-refractivity contribution in [2.24, 2.45) is 0 Å². The zero-order valence-corrected chi connectivity index (χ0v) is 17.1. The number of hydrogen-bond donors (Lipinski definition) is 1. The molecule has 0 amide bonds. The van der Waals surface area contributed by atoms with E-state index in [4.69, 9.17) is 4.74 Å². The highest BCUT2D eigenvalue weighted by atomic mass is 32.2. The molecule has 8 nitrogen and oxygen atoms in total. The summed E-state index contributed by atoms with van der Waals surface area (Å²) in [6.45, 7) is 7.77. The van der Waals surface area contributed by atoms with Crippen molar-refractivity contribution in [3.63, 3.8) is 0 Å². The van der Waals surface area contributed by atoms with Gasteiger partial charge >= 0.3 is 0 Å². The van der Waals surface area contributed by atoms with Gasteiger partial charge in [-0.3, -0.25) is 4.72 Å². The Morgan fingerprint density at radius 2 is 1.75 bits per heavy atom. The van der Waals surface area contributed by atoms with Crippen LogP contribution in [-0.4, -0.2) is 34.1 Å². The third kappa shape index (κ3) is 4.48. The van der Waals surface area contributed by atoms with Gasteiger partial charge in [-0.15, -0.1) is 10.2 Å². The SMILES string of the molecule is CCCS(=O)(=O)Nc1ccc(Oc2ccc(-n3nc(C)c(C)c3C)nn2)cc1. The van der Waals surface area contributed by atoms with Gasteiger partial charge in [0.1, 0.15) is 5.75 Å². The van der Waals surface area contributed by atoms with E-state index in [1.807, 2.05) is 27.7 Å². The van der Waals surface area contributed by atoms with E-state index < -0.39 is 10.0 Å². The first-order chi connectivity index (χ1) is 13.3. The van der Waals surface area contributed by atoms with Gasteiger partial charge in [-0.25, -0.2) is 13.1 Å². The topological polar surface area (TPSA) is 99.0 Å². The first-order valence-electron chi connectivity index (χ1n) is 8.94. The number of aromatic nitrogens is 4. The van der Waals surface area contributed by atoms with Crippen LogP contribution in [0, 0.1) is 20.8 Å². The van der Waals surface area contributed by atoms with E-state index >= 15 is 0 Å². The van der Waals surface area contributed by atoms with Gasteiger partial charge in [-0.1, -0.05) is 6.92 Å².